The van der Waals surface area contributed by atoms with Gasteiger partial charge in [0.2, 0.25) is 5.89 Å². The summed E-state index contributed by atoms with van der Waals surface area (Å²) in [4.78, 5) is 7.03. The topological polar surface area (TPSA) is 54.2 Å². The summed E-state index contributed by atoms with van der Waals surface area (Å²) >= 11 is 0. The first-order valence-corrected chi connectivity index (χ1v) is 7.53. The van der Waals surface area contributed by atoms with Crippen LogP contribution in [0.3, 0.4) is 0 Å². The summed E-state index contributed by atoms with van der Waals surface area (Å²) in [5.41, 5.74) is 0. The van der Waals surface area contributed by atoms with Crippen molar-refractivity contribution in [2.45, 2.75) is 38.0 Å². The van der Waals surface area contributed by atoms with Gasteiger partial charge in [-0.05, 0) is 58.3 Å². The lowest BCUT2D eigenvalue weighted by molar-refractivity contribution is 0.198. The van der Waals surface area contributed by atoms with Crippen LogP contribution in [0.25, 0.3) is 0 Å². The van der Waals surface area contributed by atoms with Gasteiger partial charge in [-0.15, -0.1) is 0 Å². The van der Waals surface area contributed by atoms with Crippen LogP contribution in [0, 0.1) is 5.92 Å². The molecule has 3 rings (SSSR count). The molecule has 1 N–H and O–H groups in total. The summed E-state index contributed by atoms with van der Waals surface area (Å²) in [6.07, 6.45) is 5.78. The maximum atomic E-state index is 5.46. The minimum atomic E-state index is 0.493. The first kappa shape index (κ1) is 13.1. The van der Waals surface area contributed by atoms with Crippen molar-refractivity contribution in [2.75, 3.05) is 33.2 Å². The molecule has 2 fully saturated rings. The average Bonchev–Trinajstić information content (AvgIpc) is 2.88. The summed E-state index contributed by atoms with van der Waals surface area (Å²) in [5, 5.41) is 7.57. The van der Waals surface area contributed by atoms with Gasteiger partial charge in [0.1, 0.15) is 0 Å². The Hall–Kier alpha value is -0.940. The minimum absolute atomic E-state index is 0.493. The third-order valence-electron chi connectivity index (χ3n) is 4.37. The van der Waals surface area contributed by atoms with Gasteiger partial charge in [0.05, 0.1) is 0 Å². The summed E-state index contributed by atoms with van der Waals surface area (Å²) in [5.74, 6) is 2.95. The fourth-order valence-electron chi connectivity index (χ4n) is 3.28. The van der Waals surface area contributed by atoms with Gasteiger partial charge in [-0.1, -0.05) is 5.16 Å². The van der Waals surface area contributed by atoms with Crippen molar-refractivity contribution in [3.63, 3.8) is 0 Å². The first-order valence-electron chi connectivity index (χ1n) is 7.53. The van der Waals surface area contributed by atoms with E-state index in [2.05, 4.69) is 27.4 Å². The van der Waals surface area contributed by atoms with Gasteiger partial charge < -0.3 is 14.7 Å². The second-order valence-electron chi connectivity index (χ2n) is 6.05. The van der Waals surface area contributed by atoms with Gasteiger partial charge in [0.15, 0.2) is 5.82 Å². The zero-order valence-electron chi connectivity index (χ0n) is 11.8. The molecule has 0 radical (unpaired) electrons. The van der Waals surface area contributed by atoms with Crippen LogP contribution in [0.1, 0.15) is 43.3 Å². The maximum absolute atomic E-state index is 5.46. The largest absolute Gasteiger partial charge is 0.339 e. The van der Waals surface area contributed by atoms with Crippen molar-refractivity contribution in [3.05, 3.63) is 11.7 Å². The Bertz CT molecular complexity index is 400. The standard InChI is InChI=1S/C14H24N4O/c1-18-8-2-3-11(10-18)9-13-16-14(17-19-13)12-4-6-15-7-5-12/h11-12,15H,2-10H2,1H3. The maximum Gasteiger partial charge on any atom is 0.226 e. The van der Waals surface area contributed by atoms with E-state index in [4.69, 9.17) is 4.52 Å². The zero-order valence-corrected chi connectivity index (χ0v) is 11.8. The van der Waals surface area contributed by atoms with E-state index < -0.39 is 0 Å². The fourth-order valence-corrected chi connectivity index (χ4v) is 3.28. The van der Waals surface area contributed by atoms with Crippen molar-refractivity contribution in [1.82, 2.24) is 20.4 Å². The number of nitrogens with one attached hydrogen (secondary N) is 1. The minimum Gasteiger partial charge on any atom is -0.339 e. The lowest BCUT2D eigenvalue weighted by Gasteiger charge is -2.28. The quantitative estimate of drug-likeness (QED) is 0.895. The SMILES string of the molecule is CN1CCCC(Cc2nc(C3CCNCC3)no2)C1. The summed E-state index contributed by atoms with van der Waals surface area (Å²) < 4.78 is 5.46. The highest BCUT2D eigenvalue weighted by Crippen LogP contribution is 2.24. The Morgan fingerprint density at radius 1 is 1.32 bits per heavy atom. The summed E-state index contributed by atoms with van der Waals surface area (Å²) in [7, 11) is 2.19. The average molecular weight is 264 g/mol. The highest BCUT2D eigenvalue weighted by Gasteiger charge is 2.23. The Balaban J connectivity index is 1.58. The second-order valence-corrected chi connectivity index (χ2v) is 6.05. The Labute approximate surface area is 114 Å². The van der Waals surface area contributed by atoms with Crippen molar-refractivity contribution < 1.29 is 4.52 Å². The van der Waals surface area contributed by atoms with Crippen LogP contribution in [-0.4, -0.2) is 48.3 Å². The van der Waals surface area contributed by atoms with Gasteiger partial charge in [-0.25, -0.2) is 0 Å². The Morgan fingerprint density at radius 3 is 2.95 bits per heavy atom. The van der Waals surface area contributed by atoms with Crippen molar-refractivity contribution in [3.8, 4) is 0 Å². The smallest absolute Gasteiger partial charge is 0.226 e. The molecule has 5 nitrogen and oxygen atoms in total. The van der Waals surface area contributed by atoms with Gasteiger partial charge >= 0.3 is 0 Å². The van der Waals surface area contributed by atoms with Crippen molar-refractivity contribution >= 4 is 0 Å². The van der Waals surface area contributed by atoms with Crippen LogP contribution in [0.2, 0.25) is 0 Å². The van der Waals surface area contributed by atoms with Crippen LogP contribution < -0.4 is 5.32 Å². The number of rotatable bonds is 3. The highest BCUT2D eigenvalue weighted by molar-refractivity contribution is 4.98. The van der Waals surface area contributed by atoms with Crippen LogP contribution in [0.15, 0.2) is 4.52 Å². The van der Waals surface area contributed by atoms with E-state index >= 15 is 0 Å². The molecular weight excluding hydrogens is 240 g/mol. The molecule has 0 aliphatic carbocycles. The molecule has 1 aromatic heterocycles. The number of piperidine rings is 2. The molecular formula is C14H24N4O. The molecule has 1 atom stereocenters. The molecule has 0 amide bonds. The van der Waals surface area contributed by atoms with E-state index in [0.29, 0.717) is 11.8 Å². The lowest BCUT2D eigenvalue weighted by atomic mass is 9.95. The van der Waals surface area contributed by atoms with Crippen LogP contribution in [0.5, 0.6) is 0 Å². The van der Waals surface area contributed by atoms with E-state index in [1.165, 1.54) is 19.4 Å². The third kappa shape index (κ3) is 3.34. The van der Waals surface area contributed by atoms with E-state index in [0.717, 1.165) is 50.6 Å². The van der Waals surface area contributed by atoms with Crippen molar-refractivity contribution in [2.24, 2.45) is 5.92 Å². The predicted molar refractivity (Wildman–Crippen MR) is 73.1 cm³/mol. The Kier molecular flexibility index (Phi) is 4.13. The summed E-state index contributed by atoms with van der Waals surface area (Å²) in [6.45, 7) is 4.52. The molecule has 1 aromatic rings. The lowest BCUT2D eigenvalue weighted by Crippen LogP contribution is -2.33. The summed E-state index contributed by atoms with van der Waals surface area (Å²) in [6, 6.07) is 0. The molecule has 2 aliphatic rings. The molecule has 3 heterocycles. The van der Waals surface area contributed by atoms with Gasteiger partial charge in [0, 0.05) is 18.9 Å². The molecule has 5 heteroatoms. The van der Waals surface area contributed by atoms with Crippen LogP contribution in [-0.2, 0) is 6.42 Å². The van der Waals surface area contributed by atoms with Crippen LogP contribution in [0.4, 0.5) is 0 Å². The van der Waals surface area contributed by atoms with E-state index in [9.17, 15) is 0 Å². The van der Waals surface area contributed by atoms with Gasteiger partial charge in [0.25, 0.3) is 0 Å². The number of hydrogen-bond acceptors (Lipinski definition) is 5. The molecule has 106 valence electrons. The first-order chi connectivity index (χ1) is 9.31. The number of hydrogen-bond donors (Lipinski definition) is 1. The molecule has 2 saturated heterocycles. The number of nitrogens with zero attached hydrogens (tertiary/aromatic N) is 3. The fraction of sp³-hybridized carbons (Fsp3) is 0.857. The molecule has 0 saturated carbocycles. The predicted octanol–water partition coefficient (Wildman–Crippen LogP) is 1.42. The Morgan fingerprint density at radius 2 is 2.16 bits per heavy atom. The second kappa shape index (κ2) is 6.01. The van der Waals surface area contributed by atoms with Crippen molar-refractivity contribution in [1.29, 1.82) is 0 Å². The van der Waals surface area contributed by atoms with Gasteiger partial charge in [-0.2, -0.15) is 4.98 Å². The number of aromatic nitrogens is 2. The van der Waals surface area contributed by atoms with Gasteiger partial charge in [-0.3, -0.25) is 0 Å². The van der Waals surface area contributed by atoms with E-state index in [1.807, 2.05) is 0 Å². The molecule has 0 aromatic carbocycles. The normalized spacial score (nSPS) is 26.7. The zero-order chi connectivity index (χ0) is 13.1. The monoisotopic (exact) mass is 264 g/mol. The molecule has 0 spiro atoms. The molecule has 19 heavy (non-hydrogen) atoms. The molecule has 2 aliphatic heterocycles. The van der Waals surface area contributed by atoms with E-state index in [-0.39, 0.29) is 0 Å². The third-order valence-corrected chi connectivity index (χ3v) is 4.37. The van der Waals surface area contributed by atoms with Crippen LogP contribution >= 0.6 is 0 Å². The number of likely N-dealkylation sites (tertiary alicyclic amines) is 1. The highest BCUT2D eigenvalue weighted by atomic mass is 16.5. The van der Waals surface area contributed by atoms with E-state index in [1.54, 1.807) is 0 Å². The molecule has 1 unspecified atom stereocenters. The molecule has 0 bridgehead atoms.